The van der Waals surface area contributed by atoms with E-state index in [1.54, 1.807) is 12.1 Å². The van der Waals surface area contributed by atoms with Gasteiger partial charge < -0.3 is 5.11 Å². The number of carbonyl (C=O) groups is 1. The molecule has 0 spiro atoms. The highest BCUT2D eigenvalue weighted by Crippen LogP contribution is 2.26. The summed E-state index contributed by atoms with van der Waals surface area (Å²) in [6.07, 6.45) is 1.44. The number of nitrogens with zero attached hydrogens (tertiary/aromatic N) is 2. The molecule has 27 heavy (non-hydrogen) atoms. The summed E-state index contributed by atoms with van der Waals surface area (Å²) >= 11 is 17.6. The van der Waals surface area contributed by atoms with Gasteiger partial charge in [-0.25, -0.2) is 18.2 Å². The fourth-order valence-corrected chi connectivity index (χ4v) is 3.84. The van der Waals surface area contributed by atoms with E-state index in [-0.39, 0.29) is 31.5 Å². The number of hydrogen-bond donors (Lipinski definition) is 2. The Bertz CT molecular complexity index is 1130. The Kier molecular flexibility index (Phi) is 5.34. The first kappa shape index (κ1) is 19.5. The lowest BCUT2D eigenvalue weighted by Crippen LogP contribution is -2.14. The number of aromatic nitrogens is 2. The molecule has 0 aliphatic rings. The van der Waals surface area contributed by atoms with Crippen molar-refractivity contribution < 1.29 is 18.3 Å². The van der Waals surface area contributed by atoms with Gasteiger partial charge in [-0.3, -0.25) is 9.29 Å². The van der Waals surface area contributed by atoms with Crippen LogP contribution >= 0.6 is 34.8 Å². The number of rotatable bonds is 5. The molecular formula is C16H10Cl3N3O4S. The first-order chi connectivity index (χ1) is 12.7. The van der Waals surface area contributed by atoms with Crippen LogP contribution in [0, 0.1) is 0 Å². The van der Waals surface area contributed by atoms with E-state index in [2.05, 4.69) is 9.71 Å². The van der Waals surface area contributed by atoms with E-state index < -0.39 is 16.0 Å². The summed E-state index contributed by atoms with van der Waals surface area (Å²) in [6, 6.07) is 9.70. The van der Waals surface area contributed by atoms with Crippen LogP contribution in [-0.4, -0.2) is 29.0 Å². The number of carboxylic acids is 1. The molecule has 0 bridgehead atoms. The summed E-state index contributed by atoms with van der Waals surface area (Å²) < 4.78 is 28.9. The molecule has 0 amide bonds. The van der Waals surface area contributed by atoms with Gasteiger partial charge in [0.2, 0.25) is 0 Å². The number of benzene rings is 2. The Hall–Kier alpha value is -2.26. The lowest BCUT2D eigenvalue weighted by atomic mass is 10.2. The van der Waals surface area contributed by atoms with E-state index in [1.807, 2.05) is 0 Å². The third-order valence-corrected chi connectivity index (χ3v) is 5.99. The second kappa shape index (κ2) is 7.40. The van der Waals surface area contributed by atoms with Gasteiger partial charge in [0.1, 0.15) is 6.33 Å². The predicted molar refractivity (Wildman–Crippen MR) is 103 cm³/mol. The average molecular weight is 447 g/mol. The van der Waals surface area contributed by atoms with Crippen LogP contribution in [0.25, 0.3) is 5.69 Å². The smallest absolute Gasteiger partial charge is 0.337 e. The van der Waals surface area contributed by atoms with Crippen LogP contribution in [0.4, 0.5) is 5.69 Å². The second-order valence-corrected chi connectivity index (χ2v) is 8.10. The molecule has 0 unspecified atom stereocenters. The molecule has 1 heterocycles. The summed E-state index contributed by atoms with van der Waals surface area (Å²) in [6.45, 7) is 0. The maximum absolute atomic E-state index is 12.5. The van der Waals surface area contributed by atoms with E-state index in [9.17, 15) is 13.2 Å². The lowest BCUT2D eigenvalue weighted by Gasteiger charge is -2.10. The zero-order valence-electron chi connectivity index (χ0n) is 13.2. The molecule has 0 aliphatic carbocycles. The van der Waals surface area contributed by atoms with E-state index in [1.165, 1.54) is 35.2 Å². The largest absolute Gasteiger partial charge is 0.478 e. The molecule has 2 aromatic carbocycles. The number of halogens is 3. The summed E-state index contributed by atoms with van der Waals surface area (Å²) in [7, 11) is -4.01. The molecule has 3 aromatic rings. The number of imidazole rings is 1. The summed E-state index contributed by atoms with van der Waals surface area (Å²) in [5.41, 5.74) is 0.594. The van der Waals surface area contributed by atoms with Crippen molar-refractivity contribution in [3.8, 4) is 5.69 Å². The SMILES string of the molecule is O=C(O)c1cc(S(=O)(=O)Nc2ccc(-n3cnc(Cl)c3Cl)cc2)ccc1Cl. The molecule has 140 valence electrons. The predicted octanol–water partition coefficient (Wildman–Crippen LogP) is 4.33. The summed E-state index contributed by atoms with van der Waals surface area (Å²) in [5.74, 6) is -1.32. The van der Waals surface area contributed by atoms with Gasteiger partial charge in [-0.05, 0) is 42.5 Å². The molecule has 0 atom stereocenters. The van der Waals surface area contributed by atoms with Crippen molar-refractivity contribution in [2.75, 3.05) is 4.72 Å². The van der Waals surface area contributed by atoms with Crippen molar-refractivity contribution in [3.05, 3.63) is 69.7 Å². The van der Waals surface area contributed by atoms with E-state index in [4.69, 9.17) is 39.9 Å². The van der Waals surface area contributed by atoms with Crippen LogP contribution in [0.15, 0.2) is 53.7 Å². The lowest BCUT2D eigenvalue weighted by molar-refractivity contribution is 0.0697. The molecule has 0 saturated carbocycles. The van der Waals surface area contributed by atoms with Gasteiger partial charge in [0.05, 0.1) is 15.5 Å². The minimum atomic E-state index is -4.01. The molecule has 0 saturated heterocycles. The normalized spacial score (nSPS) is 11.4. The third-order valence-electron chi connectivity index (χ3n) is 3.54. The Morgan fingerprint density at radius 2 is 1.74 bits per heavy atom. The minimum Gasteiger partial charge on any atom is -0.478 e. The number of anilines is 1. The Morgan fingerprint density at radius 1 is 1.07 bits per heavy atom. The fraction of sp³-hybridized carbons (Fsp3) is 0. The zero-order valence-corrected chi connectivity index (χ0v) is 16.3. The van der Waals surface area contributed by atoms with E-state index in [0.29, 0.717) is 5.69 Å². The Balaban J connectivity index is 1.87. The maximum atomic E-state index is 12.5. The van der Waals surface area contributed by atoms with Gasteiger partial charge in [0, 0.05) is 11.4 Å². The van der Waals surface area contributed by atoms with Crippen LogP contribution in [0.2, 0.25) is 15.3 Å². The molecular weight excluding hydrogens is 437 g/mol. The number of nitrogens with one attached hydrogen (secondary N) is 1. The van der Waals surface area contributed by atoms with Crippen molar-refractivity contribution in [1.82, 2.24) is 9.55 Å². The maximum Gasteiger partial charge on any atom is 0.337 e. The monoisotopic (exact) mass is 445 g/mol. The highest BCUT2D eigenvalue weighted by molar-refractivity contribution is 7.92. The first-order valence-corrected chi connectivity index (χ1v) is 9.85. The topological polar surface area (TPSA) is 101 Å². The van der Waals surface area contributed by atoms with Crippen molar-refractivity contribution in [2.45, 2.75) is 4.90 Å². The minimum absolute atomic E-state index is 0.0540. The van der Waals surface area contributed by atoms with Crippen molar-refractivity contribution >= 4 is 56.5 Å². The van der Waals surface area contributed by atoms with E-state index >= 15 is 0 Å². The summed E-state index contributed by atoms with van der Waals surface area (Å²) in [5, 5.41) is 9.41. The molecule has 0 aliphatic heterocycles. The van der Waals surface area contributed by atoms with Crippen LogP contribution < -0.4 is 4.72 Å². The second-order valence-electron chi connectivity index (χ2n) is 5.30. The standard InChI is InChI=1S/C16H10Cl3N3O4S/c17-13-6-5-11(7-12(13)16(23)24)27(25,26)21-9-1-3-10(4-2-9)22-8-20-14(18)15(22)19/h1-8,21H,(H,23,24). The van der Waals surface area contributed by atoms with Crippen LogP contribution in [0.1, 0.15) is 10.4 Å². The van der Waals surface area contributed by atoms with Gasteiger partial charge in [-0.1, -0.05) is 34.8 Å². The van der Waals surface area contributed by atoms with Gasteiger partial charge >= 0.3 is 5.97 Å². The molecule has 3 rings (SSSR count). The number of hydrogen-bond acceptors (Lipinski definition) is 4. The van der Waals surface area contributed by atoms with Crippen molar-refractivity contribution in [3.63, 3.8) is 0 Å². The molecule has 0 fully saturated rings. The first-order valence-electron chi connectivity index (χ1n) is 7.23. The Labute approximate surface area is 169 Å². The molecule has 11 heteroatoms. The molecule has 7 nitrogen and oxygen atoms in total. The van der Waals surface area contributed by atoms with Crippen LogP contribution in [0.3, 0.4) is 0 Å². The fourth-order valence-electron chi connectivity index (χ4n) is 2.23. The average Bonchev–Trinajstić information content (AvgIpc) is 2.94. The number of aromatic carboxylic acids is 1. The highest BCUT2D eigenvalue weighted by Gasteiger charge is 2.19. The van der Waals surface area contributed by atoms with Gasteiger partial charge in [0.15, 0.2) is 10.3 Å². The van der Waals surface area contributed by atoms with Crippen molar-refractivity contribution in [2.24, 2.45) is 0 Å². The third kappa shape index (κ3) is 4.03. The molecule has 2 N–H and O–H groups in total. The van der Waals surface area contributed by atoms with Crippen LogP contribution in [-0.2, 0) is 10.0 Å². The van der Waals surface area contributed by atoms with Gasteiger partial charge in [-0.2, -0.15) is 0 Å². The number of sulfonamides is 1. The number of carboxylic acid groups (broad SMARTS) is 1. The van der Waals surface area contributed by atoms with Gasteiger partial charge in [-0.15, -0.1) is 0 Å². The Morgan fingerprint density at radius 3 is 2.30 bits per heavy atom. The van der Waals surface area contributed by atoms with Crippen LogP contribution in [0.5, 0.6) is 0 Å². The van der Waals surface area contributed by atoms with E-state index in [0.717, 1.165) is 6.07 Å². The van der Waals surface area contributed by atoms with Gasteiger partial charge in [0.25, 0.3) is 10.0 Å². The quantitative estimate of drug-likeness (QED) is 0.607. The molecule has 1 aromatic heterocycles. The highest BCUT2D eigenvalue weighted by atomic mass is 35.5. The zero-order chi connectivity index (χ0) is 19.8. The summed E-state index contributed by atoms with van der Waals surface area (Å²) in [4.78, 5) is 14.8. The van der Waals surface area contributed by atoms with Crippen molar-refractivity contribution in [1.29, 1.82) is 0 Å². The molecule has 0 radical (unpaired) electrons.